The zero-order chi connectivity index (χ0) is 31.6. The molecule has 1 amide bonds. The Kier molecular flexibility index (Phi) is 9.38. The zero-order valence-corrected chi connectivity index (χ0v) is 27.3. The molecule has 2 aromatic carbocycles. The van der Waals surface area contributed by atoms with Crippen LogP contribution in [-0.4, -0.2) is 66.5 Å². The van der Waals surface area contributed by atoms with Gasteiger partial charge in [0.05, 0.1) is 35.9 Å². The van der Waals surface area contributed by atoms with Crippen molar-refractivity contribution in [3.05, 3.63) is 76.5 Å². The average molecular weight is 639 g/mol. The molecular weight excluding hydrogens is 603 g/mol. The van der Waals surface area contributed by atoms with Gasteiger partial charge in [0.25, 0.3) is 5.91 Å². The van der Waals surface area contributed by atoms with Gasteiger partial charge in [-0.3, -0.25) is 4.79 Å². The summed E-state index contributed by atoms with van der Waals surface area (Å²) in [6, 6.07) is 10.7. The van der Waals surface area contributed by atoms with Crippen LogP contribution in [0.4, 0.5) is 4.39 Å². The van der Waals surface area contributed by atoms with Crippen molar-refractivity contribution in [3.8, 4) is 16.9 Å². The Labute approximate surface area is 261 Å². The van der Waals surface area contributed by atoms with Gasteiger partial charge in [-0.2, -0.15) is 5.10 Å². The van der Waals surface area contributed by atoms with Crippen molar-refractivity contribution in [3.63, 3.8) is 0 Å². The number of amides is 1. The molecule has 0 bridgehead atoms. The quantitative estimate of drug-likeness (QED) is 0.0956. The zero-order valence-electron chi connectivity index (χ0n) is 25.5. The summed E-state index contributed by atoms with van der Waals surface area (Å²) < 4.78 is 34.3. The first kappa shape index (κ1) is 31.6. The van der Waals surface area contributed by atoms with E-state index in [-0.39, 0.29) is 36.2 Å². The van der Waals surface area contributed by atoms with Gasteiger partial charge >= 0.3 is 5.97 Å². The number of pyridine rings is 1. The van der Waals surface area contributed by atoms with Crippen molar-refractivity contribution in [2.75, 3.05) is 20.8 Å². The van der Waals surface area contributed by atoms with Gasteiger partial charge in [0.1, 0.15) is 18.3 Å². The number of methoxy groups -OCH3 is 1. The topological polar surface area (TPSA) is 95.8 Å². The number of fused-ring (bicyclic) bond motifs is 1. The summed E-state index contributed by atoms with van der Waals surface area (Å²) in [5, 5.41) is 5.41. The number of nitrogens with zero attached hydrogens (tertiary/aromatic N) is 4. The monoisotopic (exact) mass is 638 g/mol. The van der Waals surface area contributed by atoms with Crippen LogP contribution < -0.4 is 4.74 Å². The smallest absolute Gasteiger partial charge is 0.357 e. The van der Waals surface area contributed by atoms with Crippen LogP contribution in [0.5, 0.6) is 5.75 Å². The molecule has 0 atom stereocenters. The van der Waals surface area contributed by atoms with E-state index < -0.39 is 25.8 Å². The summed E-state index contributed by atoms with van der Waals surface area (Å²) in [6.07, 6.45) is 4.80. The first-order valence-electron chi connectivity index (χ1n) is 14.5. The lowest BCUT2D eigenvalue weighted by Gasteiger charge is -2.20. The average Bonchev–Trinajstić information content (AvgIpc) is 3.69. The fourth-order valence-electron chi connectivity index (χ4n) is 4.81. The lowest BCUT2D eigenvalue weighted by Crippen LogP contribution is -2.27. The van der Waals surface area contributed by atoms with E-state index in [0.717, 1.165) is 18.9 Å². The largest absolute Gasteiger partial charge is 0.490 e. The van der Waals surface area contributed by atoms with Gasteiger partial charge in [0.15, 0.2) is 5.69 Å². The SMILES string of the molecule is COC(=O)c1ncc(CN(C)C(=O)c2cc(F)c(-c3cccc(Cl)c3)c(OC3CC3)c2)c2c1cnn2COCC[Si](C)(C)C. The van der Waals surface area contributed by atoms with Crippen molar-refractivity contribution in [2.24, 2.45) is 0 Å². The Morgan fingerprint density at radius 1 is 1.16 bits per heavy atom. The highest BCUT2D eigenvalue weighted by Gasteiger charge is 2.28. The van der Waals surface area contributed by atoms with Crippen LogP contribution in [0.2, 0.25) is 30.7 Å². The number of carbonyl (C=O) groups is 2. The molecule has 9 nitrogen and oxygen atoms in total. The van der Waals surface area contributed by atoms with Gasteiger partial charge in [-0.05, 0) is 48.7 Å². The molecule has 2 heterocycles. The van der Waals surface area contributed by atoms with E-state index in [1.54, 1.807) is 48.3 Å². The number of hydrogen-bond acceptors (Lipinski definition) is 7. The molecule has 1 aliphatic carbocycles. The van der Waals surface area contributed by atoms with Crippen LogP contribution in [0.25, 0.3) is 22.0 Å². The molecule has 0 spiro atoms. The second-order valence-electron chi connectivity index (χ2n) is 12.2. The molecule has 0 unspecified atom stereocenters. The molecular formula is C32H36ClFN4O5Si. The van der Waals surface area contributed by atoms with E-state index in [1.807, 2.05) is 0 Å². The van der Waals surface area contributed by atoms with Gasteiger partial charge in [-0.1, -0.05) is 43.4 Å². The van der Waals surface area contributed by atoms with Gasteiger partial charge in [-0.15, -0.1) is 0 Å². The maximum Gasteiger partial charge on any atom is 0.357 e. The number of carbonyl (C=O) groups excluding carboxylic acids is 2. The highest BCUT2D eigenvalue weighted by Crippen LogP contribution is 2.39. The Hall–Kier alpha value is -3.80. The lowest BCUT2D eigenvalue weighted by atomic mass is 10.0. The van der Waals surface area contributed by atoms with E-state index in [2.05, 4.69) is 29.7 Å². The van der Waals surface area contributed by atoms with E-state index in [1.165, 1.54) is 24.3 Å². The normalized spacial score (nSPS) is 13.2. The van der Waals surface area contributed by atoms with E-state index >= 15 is 4.39 Å². The number of aromatic nitrogens is 3. The molecule has 4 aromatic rings. The highest BCUT2D eigenvalue weighted by molar-refractivity contribution is 6.76. The Morgan fingerprint density at radius 3 is 2.61 bits per heavy atom. The molecule has 44 heavy (non-hydrogen) atoms. The summed E-state index contributed by atoms with van der Waals surface area (Å²) in [5.74, 6) is -1.29. The molecule has 5 rings (SSSR count). The van der Waals surface area contributed by atoms with Gasteiger partial charge < -0.3 is 19.1 Å². The molecule has 232 valence electrons. The molecule has 0 saturated heterocycles. The van der Waals surface area contributed by atoms with Crippen LogP contribution in [0.3, 0.4) is 0 Å². The molecule has 1 aliphatic rings. The second-order valence-corrected chi connectivity index (χ2v) is 18.3. The lowest BCUT2D eigenvalue weighted by molar-refractivity contribution is 0.0595. The molecule has 12 heteroatoms. The fraction of sp³-hybridized carbons (Fsp3) is 0.375. The van der Waals surface area contributed by atoms with E-state index in [4.69, 9.17) is 25.8 Å². The van der Waals surface area contributed by atoms with Crippen molar-refractivity contribution in [1.29, 1.82) is 0 Å². The predicted molar refractivity (Wildman–Crippen MR) is 169 cm³/mol. The summed E-state index contributed by atoms with van der Waals surface area (Å²) >= 11 is 6.18. The summed E-state index contributed by atoms with van der Waals surface area (Å²) in [5.41, 5.74) is 2.34. The minimum atomic E-state index is -1.29. The third-order valence-electron chi connectivity index (χ3n) is 7.32. The van der Waals surface area contributed by atoms with Crippen molar-refractivity contribution in [2.45, 2.75) is 57.9 Å². The standard InChI is InChI=1S/C32H36ClFN4O5Si/c1-37(31(39)21-14-26(34)28(20-7-6-8-23(33)13-20)27(15-21)43-24-9-10-24)18-22-16-35-29(32(40)41-2)25-17-36-38(30(22)25)19-42-11-12-44(3,4)5/h6-8,13-17,24H,9-12,18-19H2,1-5H3. The van der Waals surface area contributed by atoms with Crippen molar-refractivity contribution in [1.82, 2.24) is 19.7 Å². The minimum Gasteiger partial charge on any atom is -0.490 e. The number of hydrogen-bond donors (Lipinski definition) is 0. The molecule has 2 aromatic heterocycles. The Bertz CT molecular complexity index is 1700. The van der Waals surface area contributed by atoms with Crippen LogP contribution in [-0.2, 0) is 22.7 Å². The second kappa shape index (κ2) is 13.1. The van der Waals surface area contributed by atoms with Gasteiger partial charge in [0.2, 0.25) is 0 Å². The summed E-state index contributed by atoms with van der Waals surface area (Å²) in [4.78, 5) is 31.9. The maximum atomic E-state index is 15.7. The first-order valence-corrected chi connectivity index (χ1v) is 18.5. The number of halogens is 2. The van der Waals surface area contributed by atoms with Gasteiger partial charge in [0, 0.05) is 50.6 Å². The van der Waals surface area contributed by atoms with Gasteiger partial charge in [-0.25, -0.2) is 18.9 Å². The number of esters is 1. The van der Waals surface area contributed by atoms with Crippen molar-refractivity contribution >= 4 is 42.5 Å². The third-order valence-corrected chi connectivity index (χ3v) is 9.26. The maximum absolute atomic E-state index is 15.7. The van der Waals surface area contributed by atoms with Crippen LogP contribution in [0.15, 0.2) is 48.8 Å². The highest BCUT2D eigenvalue weighted by atomic mass is 35.5. The Balaban J connectivity index is 1.44. The molecule has 0 N–H and O–H groups in total. The summed E-state index contributed by atoms with van der Waals surface area (Å²) in [7, 11) is 1.62. The fourth-order valence-corrected chi connectivity index (χ4v) is 5.76. The van der Waals surface area contributed by atoms with Crippen LogP contribution >= 0.6 is 11.6 Å². The molecule has 1 saturated carbocycles. The first-order chi connectivity index (χ1) is 20.9. The minimum absolute atomic E-state index is 0.0173. The van der Waals surface area contributed by atoms with E-state index in [0.29, 0.717) is 39.4 Å². The van der Waals surface area contributed by atoms with E-state index in [9.17, 15) is 9.59 Å². The Morgan fingerprint density at radius 2 is 1.93 bits per heavy atom. The number of ether oxygens (including phenoxy) is 3. The third kappa shape index (κ3) is 7.28. The van der Waals surface area contributed by atoms with Crippen molar-refractivity contribution < 1.29 is 28.2 Å². The molecule has 1 fully saturated rings. The van der Waals surface area contributed by atoms with Crippen LogP contribution in [0.1, 0.15) is 39.3 Å². The number of benzene rings is 2. The number of rotatable bonds is 12. The summed E-state index contributed by atoms with van der Waals surface area (Å²) in [6.45, 7) is 7.69. The van der Waals surface area contributed by atoms with Crippen LogP contribution in [0, 0.1) is 5.82 Å². The predicted octanol–water partition coefficient (Wildman–Crippen LogP) is 6.80. The molecule has 0 aliphatic heterocycles. The molecule has 0 radical (unpaired) electrons.